The molecule has 120 valence electrons. The summed E-state index contributed by atoms with van der Waals surface area (Å²) in [5, 5.41) is 3.29. The molecule has 0 aromatic rings. The highest BCUT2D eigenvalue weighted by molar-refractivity contribution is 5.81. The van der Waals surface area contributed by atoms with Gasteiger partial charge in [0.05, 0.1) is 0 Å². The Hall–Kier alpha value is -1.14. The van der Waals surface area contributed by atoms with Gasteiger partial charge >= 0.3 is 0 Å². The first kappa shape index (κ1) is 21.2. The van der Waals surface area contributed by atoms with E-state index >= 15 is 0 Å². The van der Waals surface area contributed by atoms with Gasteiger partial charge in [0.2, 0.25) is 11.8 Å². The lowest BCUT2D eigenvalue weighted by atomic mass is 9.96. The molecule has 0 aromatic heterocycles. The molecule has 20 heavy (non-hydrogen) atoms. The molecule has 0 aliphatic rings. The molecule has 0 radical (unpaired) electrons. The number of rotatable bonds is 2. The average molecular weight is 288 g/mol. The van der Waals surface area contributed by atoms with Gasteiger partial charge in [-0.25, -0.2) is 10.0 Å². The summed E-state index contributed by atoms with van der Waals surface area (Å²) >= 11 is 0. The number of hydrogen-bond acceptors (Lipinski definition) is 4. The van der Waals surface area contributed by atoms with Crippen LogP contribution in [-0.4, -0.2) is 50.0 Å². The number of nitrogens with one attached hydrogen (secondary N) is 2. The maximum Gasteiger partial charge on any atom is 0.239 e. The summed E-state index contributed by atoms with van der Waals surface area (Å²) in [6.45, 7) is 11.3. The first-order valence-corrected chi connectivity index (χ1v) is 6.64. The summed E-state index contributed by atoms with van der Waals surface area (Å²) < 4.78 is 0. The molecule has 2 amide bonds. The number of hydrazine groups is 2. The lowest BCUT2D eigenvalue weighted by Gasteiger charge is -2.20. The monoisotopic (exact) mass is 288 g/mol. The van der Waals surface area contributed by atoms with Gasteiger partial charge < -0.3 is 0 Å². The van der Waals surface area contributed by atoms with Crippen LogP contribution < -0.4 is 10.9 Å². The molecule has 0 unspecified atom stereocenters. The van der Waals surface area contributed by atoms with Crippen LogP contribution in [0.4, 0.5) is 0 Å². The summed E-state index contributed by atoms with van der Waals surface area (Å²) in [7, 11) is 7.18. The summed E-state index contributed by atoms with van der Waals surface area (Å²) in [5.41, 5.74) is 4.75. The van der Waals surface area contributed by atoms with Gasteiger partial charge in [-0.1, -0.05) is 41.5 Å². The Morgan fingerprint density at radius 3 is 0.900 bits per heavy atom. The predicted octanol–water partition coefficient (Wildman–Crippen LogP) is 1.25. The second-order valence-electron chi connectivity index (χ2n) is 7.17. The van der Waals surface area contributed by atoms with Gasteiger partial charge in [-0.3, -0.25) is 20.4 Å². The van der Waals surface area contributed by atoms with Gasteiger partial charge in [-0.15, -0.1) is 0 Å². The average Bonchev–Trinajstić information content (AvgIpc) is 2.13. The van der Waals surface area contributed by atoms with Crippen molar-refractivity contribution in [2.75, 3.05) is 28.2 Å². The van der Waals surface area contributed by atoms with Gasteiger partial charge in [0.25, 0.3) is 0 Å². The highest BCUT2D eigenvalue weighted by Crippen LogP contribution is 2.12. The molecule has 6 heteroatoms. The number of hydrogen-bond donors (Lipinski definition) is 2. The summed E-state index contributed by atoms with van der Waals surface area (Å²) in [6, 6.07) is 0. The van der Waals surface area contributed by atoms with E-state index < -0.39 is 0 Å². The Bertz CT molecular complexity index is 280. The van der Waals surface area contributed by atoms with Crippen molar-refractivity contribution in [3.8, 4) is 0 Å². The van der Waals surface area contributed by atoms with Crippen molar-refractivity contribution < 1.29 is 9.59 Å². The zero-order valence-corrected chi connectivity index (χ0v) is 14.7. The molecule has 6 nitrogen and oxygen atoms in total. The van der Waals surface area contributed by atoms with Gasteiger partial charge in [0.1, 0.15) is 0 Å². The Morgan fingerprint density at radius 2 is 0.850 bits per heavy atom. The third-order valence-corrected chi connectivity index (χ3v) is 2.01. The van der Waals surface area contributed by atoms with E-state index in [1.54, 1.807) is 38.2 Å². The predicted molar refractivity (Wildman–Crippen MR) is 82.6 cm³/mol. The standard InChI is InChI=1S/2C7H16N2O/c2*1-7(2,3)6(10)8-9(4)5/h2*1-5H3,(H,8,10). The highest BCUT2D eigenvalue weighted by Gasteiger charge is 2.21. The molecular weight excluding hydrogens is 256 g/mol. The Balaban J connectivity index is 0. The molecule has 0 fully saturated rings. The van der Waals surface area contributed by atoms with E-state index in [0.717, 1.165) is 0 Å². The summed E-state index contributed by atoms with van der Waals surface area (Å²) in [4.78, 5) is 22.2. The van der Waals surface area contributed by atoms with Crippen LogP contribution in [0.2, 0.25) is 0 Å². The van der Waals surface area contributed by atoms with Crippen LogP contribution in [0, 0.1) is 10.8 Å². The van der Waals surface area contributed by atoms with Gasteiger partial charge in [0.15, 0.2) is 0 Å². The van der Waals surface area contributed by atoms with Crippen LogP contribution in [-0.2, 0) is 9.59 Å². The van der Waals surface area contributed by atoms with E-state index in [1.165, 1.54) is 0 Å². The van der Waals surface area contributed by atoms with Gasteiger partial charge in [0, 0.05) is 39.0 Å². The Morgan fingerprint density at radius 1 is 0.650 bits per heavy atom. The minimum absolute atomic E-state index is 0.0394. The zero-order chi connectivity index (χ0) is 16.7. The first-order valence-electron chi connectivity index (χ1n) is 6.64. The maximum atomic E-state index is 11.1. The smallest absolute Gasteiger partial charge is 0.239 e. The molecule has 0 aliphatic carbocycles. The molecule has 0 bridgehead atoms. The van der Waals surface area contributed by atoms with Crippen molar-refractivity contribution in [1.82, 2.24) is 20.9 Å². The van der Waals surface area contributed by atoms with Crippen molar-refractivity contribution in [1.29, 1.82) is 0 Å². The molecule has 2 N–H and O–H groups in total. The molecular formula is C14H32N4O2. The van der Waals surface area contributed by atoms with Crippen LogP contribution in [0.3, 0.4) is 0 Å². The molecule has 0 heterocycles. The quantitative estimate of drug-likeness (QED) is 0.751. The van der Waals surface area contributed by atoms with E-state index in [1.807, 2.05) is 41.5 Å². The van der Waals surface area contributed by atoms with E-state index in [-0.39, 0.29) is 22.6 Å². The van der Waals surface area contributed by atoms with Crippen molar-refractivity contribution >= 4 is 11.8 Å². The molecule has 0 saturated carbocycles. The summed E-state index contributed by atoms with van der Waals surface area (Å²) in [5.74, 6) is 0.0787. The molecule has 0 rings (SSSR count). The maximum absolute atomic E-state index is 11.1. The van der Waals surface area contributed by atoms with Gasteiger partial charge in [-0.05, 0) is 0 Å². The third-order valence-electron chi connectivity index (χ3n) is 2.01. The van der Waals surface area contributed by atoms with Crippen LogP contribution in [0.15, 0.2) is 0 Å². The largest absolute Gasteiger partial charge is 0.289 e. The molecule has 0 saturated heterocycles. The van der Waals surface area contributed by atoms with Crippen LogP contribution in [0.1, 0.15) is 41.5 Å². The fourth-order valence-corrected chi connectivity index (χ4v) is 0.742. The van der Waals surface area contributed by atoms with Gasteiger partial charge in [-0.2, -0.15) is 0 Å². The minimum atomic E-state index is -0.301. The normalized spacial score (nSPS) is 11.8. The SMILES string of the molecule is CN(C)NC(=O)C(C)(C)C.CN(C)NC(=O)C(C)(C)C. The summed E-state index contributed by atoms with van der Waals surface area (Å²) in [6.07, 6.45) is 0. The van der Waals surface area contributed by atoms with E-state index in [4.69, 9.17) is 0 Å². The van der Waals surface area contributed by atoms with E-state index in [2.05, 4.69) is 10.9 Å². The van der Waals surface area contributed by atoms with Crippen molar-refractivity contribution in [2.24, 2.45) is 10.8 Å². The second kappa shape index (κ2) is 8.21. The molecule has 0 atom stereocenters. The number of carbonyl (C=O) groups excluding carboxylic acids is 2. The van der Waals surface area contributed by atoms with E-state index in [9.17, 15) is 9.59 Å². The highest BCUT2D eigenvalue weighted by atomic mass is 16.2. The fourth-order valence-electron chi connectivity index (χ4n) is 0.742. The van der Waals surface area contributed by atoms with Crippen molar-refractivity contribution in [2.45, 2.75) is 41.5 Å². The third kappa shape index (κ3) is 11.9. The second-order valence-corrected chi connectivity index (χ2v) is 7.17. The van der Waals surface area contributed by atoms with Crippen LogP contribution >= 0.6 is 0 Å². The molecule has 0 aromatic carbocycles. The van der Waals surface area contributed by atoms with Crippen LogP contribution in [0.5, 0.6) is 0 Å². The van der Waals surface area contributed by atoms with E-state index in [0.29, 0.717) is 0 Å². The Kier molecular flexibility index (Phi) is 8.69. The molecule has 0 aliphatic heterocycles. The number of nitrogens with zero attached hydrogens (tertiary/aromatic N) is 2. The number of amides is 2. The zero-order valence-electron chi connectivity index (χ0n) is 14.7. The fraction of sp³-hybridized carbons (Fsp3) is 0.857. The molecule has 0 spiro atoms. The van der Waals surface area contributed by atoms with Crippen molar-refractivity contribution in [3.63, 3.8) is 0 Å². The Labute approximate surface area is 123 Å². The lowest BCUT2D eigenvalue weighted by Crippen LogP contribution is -2.42. The minimum Gasteiger partial charge on any atom is -0.289 e. The number of carbonyl (C=O) groups is 2. The van der Waals surface area contributed by atoms with Crippen LogP contribution in [0.25, 0.3) is 0 Å². The van der Waals surface area contributed by atoms with Crippen molar-refractivity contribution in [3.05, 3.63) is 0 Å². The lowest BCUT2D eigenvalue weighted by molar-refractivity contribution is -0.133. The first-order chi connectivity index (χ1) is 8.67. The topological polar surface area (TPSA) is 64.7 Å².